The Bertz CT molecular complexity index is 985. The number of amides is 2. The van der Waals surface area contributed by atoms with Crippen molar-refractivity contribution < 1.29 is 14.3 Å². The molecule has 1 spiro atoms. The number of benzene rings is 2. The Morgan fingerprint density at radius 3 is 2.73 bits per heavy atom. The summed E-state index contributed by atoms with van der Waals surface area (Å²) in [5.74, 6) is 0.806. The van der Waals surface area contributed by atoms with E-state index in [4.69, 9.17) is 4.74 Å². The highest BCUT2D eigenvalue weighted by Crippen LogP contribution is 2.54. The van der Waals surface area contributed by atoms with Gasteiger partial charge in [0.15, 0.2) is 0 Å². The summed E-state index contributed by atoms with van der Waals surface area (Å²) in [4.78, 5) is 31.0. The average Bonchev–Trinajstić information content (AvgIpc) is 3.48. The SMILES string of the molecule is COc1cccc([C@@H]2N(C(=O)CN3CCCC3)CC[C@]23C(=O)Nc2ccccc23)c1. The van der Waals surface area contributed by atoms with E-state index in [0.29, 0.717) is 19.5 Å². The quantitative estimate of drug-likeness (QED) is 0.850. The molecule has 0 aliphatic carbocycles. The molecule has 2 aromatic rings. The summed E-state index contributed by atoms with van der Waals surface area (Å²) in [5.41, 5.74) is 2.00. The van der Waals surface area contributed by atoms with Crippen LogP contribution in [0.4, 0.5) is 5.69 Å². The second-order valence-corrected chi connectivity index (χ2v) is 8.47. The van der Waals surface area contributed by atoms with Gasteiger partial charge in [0.25, 0.3) is 0 Å². The van der Waals surface area contributed by atoms with E-state index in [0.717, 1.165) is 48.5 Å². The van der Waals surface area contributed by atoms with E-state index in [9.17, 15) is 9.59 Å². The minimum Gasteiger partial charge on any atom is -0.497 e. The van der Waals surface area contributed by atoms with Crippen molar-refractivity contribution in [2.24, 2.45) is 0 Å². The summed E-state index contributed by atoms with van der Waals surface area (Å²) in [6.45, 7) is 2.92. The third kappa shape index (κ3) is 2.89. The number of anilines is 1. The Labute approximate surface area is 176 Å². The standard InChI is InChI=1S/C24H27N3O3/c1-30-18-8-6-7-17(15-18)22-24(19-9-2-3-10-20(19)25-23(24)29)11-14-27(22)21(28)16-26-12-4-5-13-26/h2-3,6-10,15,22H,4-5,11-14,16H2,1H3,(H,25,29)/t22-,24+/m0/s1. The fraction of sp³-hybridized carbons (Fsp3) is 0.417. The van der Waals surface area contributed by atoms with Crippen LogP contribution in [0.2, 0.25) is 0 Å². The van der Waals surface area contributed by atoms with Crippen molar-refractivity contribution >= 4 is 17.5 Å². The van der Waals surface area contributed by atoms with Crippen molar-refractivity contribution in [3.05, 3.63) is 59.7 Å². The molecule has 2 aromatic carbocycles. The molecular weight excluding hydrogens is 378 g/mol. The van der Waals surface area contributed by atoms with Crippen LogP contribution >= 0.6 is 0 Å². The van der Waals surface area contributed by atoms with Crippen molar-refractivity contribution in [3.8, 4) is 5.75 Å². The lowest BCUT2D eigenvalue weighted by atomic mass is 9.72. The second kappa shape index (κ2) is 7.43. The minimum absolute atomic E-state index is 0.0204. The molecule has 2 amide bonds. The molecule has 0 radical (unpaired) electrons. The number of hydrogen-bond donors (Lipinski definition) is 1. The number of rotatable bonds is 4. The van der Waals surface area contributed by atoms with Crippen molar-refractivity contribution in [2.75, 3.05) is 38.6 Å². The van der Waals surface area contributed by atoms with Gasteiger partial charge in [-0.25, -0.2) is 0 Å². The van der Waals surface area contributed by atoms with E-state index in [1.807, 2.05) is 53.4 Å². The highest BCUT2D eigenvalue weighted by Gasteiger charge is 2.59. The molecule has 2 fully saturated rings. The number of fused-ring (bicyclic) bond motifs is 2. The Kier molecular flexibility index (Phi) is 4.74. The third-order valence-electron chi connectivity index (χ3n) is 6.87. The van der Waals surface area contributed by atoms with E-state index in [-0.39, 0.29) is 17.9 Å². The summed E-state index contributed by atoms with van der Waals surface area (Å²) in [5, 5.41) is 3.07. The van der Waals surface area contributed by atoms with E-state index in [1.54, 1.807) is 7.11 Å². The van der Waals surface area contributed by atoms with E-state index < -0.39 is 5.41 Å². The molecule has 30 heavy (non-hydrogen) atoms. The van der Waals surface area contributed by atoms with Gasteiger partial charge in [0.2, 0.25) is 11.8 Å². The van der Waals surface area contributed by atoms with Crippen LogP contribution in [-0.2, 0) is 15.0 Å². The van der Waals surface area contributed by atoms with Crippen molar-refractivity contribution in [1.29, 1.82) is 0 Å². The summed E-state index contributed by atoms with van der Waals surface area (Å²) in [6.07, 6.45) is 2.90. The summed E-state index contributed by atoms with van der Waals surface area (Å²) >= 11 is 0. The number of carbonyl (C=O) groups is 2. The van der Waals surface area contributed by atoms with Gasteiger partial charge in [-0.2, -0.15) is 0 Å². The maximum atomic E-state index is 13.4. The van der Waals surface area contributed by atoms with Gasteiger partial charge < -0.3 is 15.0 Å². The molecule has 0 unspecified atom stereocenters. The lowest BCUT2D eigenvalue weighted by Crippen LogP contribution is -2.45. The number of para-hydroxylation sites is 1. The molecule has 0 bridgehead atoms. The van der Waals surface area contributed by atoms with Crippen LogP contribution in [0.3, 0.4) is 0 Å². The van der Waals surface area contributed by atoms with E-state index >= 15 is 0 Å². The molecule has 0 saturated carbocycles. The van der Waals surface area contributed by atoms with Crippen molar-refractivity contribution in [3.63, 3.8) is 0 Å². The molecular formula is C24H27N3O3. The smallest absolute Gasteiger partial charge is 0.237 e. The first-order valence-corrected chi connectivity index (χ1v) is 10.7. The van der Waals surface area contributed by atoms with Crippen LogP contribution in [0.25, 0.3) is 0 Å². The van der Waals surface area contributed by atoms with Crippen LogP contribution in [-0.4, -0.2) is 54.9 Å². The van der Waals surface area contributed by atoms with Gasteiger partial charge in [-0.3, -0.25) is 14.5 Å². The Morgan fingerprint density at radius 1 is 1.13 bits per heavy atom. The van der Waals surface area contributed by atoms with Crippen LogP contribution < -0.4 is 10.1 Å². The normalized spacial score (nSPS) is 25.6. The van der Waals surface area contributed by atoms with Gasteiger partial charge in [0.05, 0.1) is 19.7 Å². The van der Waals surface area contributed by atoms with E-state index in [2.05, 4.69) is 10.2 Å². The molecule has 6 heteroatoms. The highest BCUT2D eigenvalue weighted by molar-refractivity contribution is 6.07. The molecule has 2 atom stereocenters. The topological polar surface area (TPSA) is 61.9 Å². The Balaban J connectivity index is 1.59. The molecule has 6 nitrogen and oxygen atoms in total. The van der Waals surface area contributed by atoms with E-state index in [1.165, 1.54) is 0 Å². The number of likely N-dealkylation sites (tertiary alicyclic amines) is 2. The summed E-state index contributed by atoms with van der Waals surface area (Å²) < 4.78 is 5.45. The molecule has 0 aromatic heterocycles. The molecule has 1 N–H and O–H groups in total. The first-order valence-electron chi connectivity index (χ1n) is 10.7. The predicted molar refractivity (Wildman–Crippen MR) is 114 cm³/mol. The first-order chi connectivity index (χ1) is 14.6. The molecule has 3 aliphatic heterocycles. The number of hydrogen-bond acceptors (Lipinski definition) is 4. The minimum atomic E-state index is -0.774. The van der Waals surface area contributed by atoms with Gasteiger partial charge >= 0.3 is 0 Å². The largest absolute Gasteiger partial charge is 0.497 e. The fourth-order valence-corrected chi connectivity index (χ4v) is 5.45. The molecule has 3 aliphatic rings. The zero-order chi connectivity index (χ0) is 20.7. The lowest BCUT2D eigenvalue weighted by molar-refractivity contribution is -0.134. The van der Waals surface area contributed by atoms with Gasteiger partial charge in [0.1, 0.15) is 11.2 Å². The van der Waals surface area contributed by atoms with Crippen LogP contribution in [0, 0.1) is 0 Å². The second-order valence-electron chi connectivity index (χ2n) is 8.47. The average molecular weight is 405 g/mol. The fourth-order valence-electron chi connectivity index (χ4n) is 5.45. The number of nitrogens with one attached hydrogen (secondary N) is 1. The number of carbonyl (C=O) groups excluding carboxylic acids is 2. The number of nitrogens with zero attached hydrogens (tertiary/aromatic N) is 2. The number of ether oxygens (including phenoxy) is 1. The zero-order valence-corrected chi connectivity index (χ0v) is 17.3. The van der Waals surface area contributed by atoms with Crippen molar-refractivity contribution in [2.45, 2.75) is 30.7 Å². The predicted octanol–water partition coefficient (Wildman–Crippen LogP) is 2.95. The first kappa shape index (κ1) is 19.1. The summed E-state index contributed by atoms with van der Waals surface area (Å²) in [6, 6.07) is 15.3. The van der Waals surface area contributed by atoms with Crippen LogP contribution in [0.15, 0.2) is 48.5 Å². The maximum absolute atomic E-state index is 13.4. The zero-order valence-electron chi connectivity index (χ0n) is 17.3. The lowest BCUT2D eigenvalue weighted by Gasteiger charge is -2.35. The maximum Gasteiger partial charge on any atom is 0.237 e. The Hall–Kier alpha value is -2.86. The molecule has 2 saturated heterocycles. The van der Waals surface area contributed by atoms with Gasteiger partial charge in [0, 0.05) is 12.2 Å². The molecule has 3 heterocycles. The van der Waals surface area contributed by atoms with Gasteiger partial charge in [-0.1, -0.05) is 30.3 Å². The van der Waals surface area contributed by atoms with Crippen molar-refractivity contribution in [1.82, 2.24) is 9.80 Å². The third-order valence-corrected chi connectivity index (χ3v) is 6.87. The van der Waals surface area contributed by atoms with Gasteiger partial charge in [-0.05, 0) is 61.7 Å². The summed E-state index contributed by atoms with van der Waals surface area (Å²) in [7, 11) is 1.64. The molecule has 5 rings (SSSR count). The Morgan fingerprint density at radius 2 is 1.93 bits per heavy atom. The highest BCUT2D eigenvalue weighted by atomic mass is 16.5. The van der Waals surface area contributed by atoms with Gasteiger partial charge in [-0.15, -0.1) is 0 Å². The monoisotopic (exact) mass is 405 g/mol. The number of methoxy groups -OCH3 is 1. The van der Waals surface area contributed by atoms with Crippen LogP contribution in [0.1, 0.15) is 36.4 Å². The molecule has 156 valence electrons. The van der Waals surface area contributed by atoms with Crippen LogP contribution in [0.5, 0.6) is 5.75 Å².